The second-order valence-electron chi connectivity index (χ2n) is 5.70. The quantitative estimate of drug-likeness (QED) is 0.622. The van der Waals surface area contributed by atoms with Crippen molar-refractivity contribution in [3.8, 4) is 0 Å². The van der Waals surface area contributed by atoms with Gasteiger partial charge in [0.25, 0.3) is 0 Å². The van der Waals surface area contributed by atoms with E-state index in [0.717, 1.165) is 15.9 Å². The number of hydrogen-bond acceptors (Lipinski definition) is 1. The molecule has 0 amide bonds. The molecule has 1 aliphatic carbocycles. The number of fused-ring (bicyclic) bond motifs is 3. The van der Waals surface area contributed by atoms with Crippen LogP contribution < -0.4 is 5.32 Å². The summed E-state index contributed by atoms with van der Waals surface area (Å²) in [5.41, 5.74) is 3.78. The van der Waals surface area contributed by atoms with Gasteiger partial charge in [0, 0.05) is 15.4 Å². The predicted molar refractivity (Wildman–Crippen MR) is 91.9 cm³/mol. The third kappa shape index (κ3) is 2.13. The van der Waals surface area contributed by atoms with E-state index in [-0.39, 0.29) is 6.04 Å². The highest BCUT2D eigenvalue weighted by Gasteiger charge is 2.38. The Labute approximate surface area is 138 Å². The van der Waals surface area contributed by atoms with Crippen molar-refractivity contribution in [1.29, 1.82) is 0 Å². The van der Waals surface area contributed by atoms with Crippen LogP contribution in [0.3, 0.4) is 0 Å². The first-order valence-electron chi connectivity index (χ1n) is 7.22. The molecule has 0 aromatic heterocycles. The van der Waals surface area contributed by atoms with Crippen molar-refractivity contribution in [1.82, 2.24) is 0 Å². The highest BCUT2D eigenvalue weighted by molar-refractivity contribution is 9.10. The van der Waals surface area contributed by atoms with Crippen molar-refractivity contribution < 1.29 is 0 Å². The SMILES string of the molecule is Clc1ccccc1[C@@H]1Nc2c(Br)cccc2[C@@H]2C=CC[C@@H]21. The minimum absolute atomic E-state index is 0.255. The molecule has 3 atom stereocenters. The fourth-order valence-electron chi connectivity index (χ4n) is 3.62. The summed E-state index contributed by atoms with van der Waals surface area (Å²) in [5, 5.41) is 4.57. The summed E-state index contributed by atoms with van der Waals surface area (Å²) < 4.78 is 1.12. The molecular weight excluding hydrogens is 346 g/mol. The number of nitrogens with one attached hydrogen (secondary N) is 1. The molecule has 4 rings (SSSR count). The van der Waals surface area contributed by atoms with Crippen LogP contribution in [-0.2, 0) is 0 Å². The van der Waals surface area contributed by atoms with Gasteiger partial charge in [-0.25, -0.2) is 0 Å². The number of anilines is 1. The summed E-state index contributed by atoms with van der Waals surface area (Å²) in [6, 6.07) is 14.9. The van der Waals surface area contributed by atoms with Gasteiger partial charge in [-0.1, -0.05) is 54.1 Å². The summed E-state index contributed by atoms with van der Waals surface area (Å²) in [5.74, 6) is 1.01. The molecule has 2 aliphatic rings. The van der Waals surface area contributed by atoms with Gasteiger partial charge in [-0.3, -0.25) is 0 Å². The van der Waals surface area contributed by atoms with Crippen LogP contribution in [0.4, 0.5) is 5.69 Å². The maximum atomic E-state index is 6.44. The van der Waals surface area contributed by atoms with Gasteiger partial charge in [0.1, 0.15) is 0 Å². The summed E-state index contributed by atoms with van der Waals surface area (Å²) in [6.07, 6.45) is 5.75. The van der Waals surface area contributed by atoms with Gasteiger partial charge in [-0.2, -0.15) is 0 Å². The monoisotopic (exact) mass is 359 g/mol. The first-order chi connectivity index (χ1) is 10.3. The molecule has 0 radical (unpaired) electrons. The lowest BCUT2D eigenvalue weighted by molar-refractivity contribution is 0.425. The van der Waals surface area contributed by atoms with Crippen LogP contribution in [0.15, 0.2) is 59.1 Å². The third-order valence-electron chi connectivity index (χ3n) is 4.59. The van der Waals surface area contributed by atoms with Gasteiger partial charge in [0.2, 0.25) is 0 Å². The first-order valence-corrected chi connectivity index (χ1v) is 8.39. The molecule has 21 heavy (non-hydrogen) atoms. The minimum atomic E-state index is 0.255. The van der Waals surface area contributed by atoms with Crippen molar-refractivity contribution in [2.24, 2.45) is 5.92 Å². The highest BCUT2D eigenvalue weighted by Crippen LogP contribution is 2.52. The predicted octanol–water partition coefficient (Wildman–Crippen LogP) is 5.93. The van der Waals surface area contributed by atoms with E-state index in [1.807, 2.05) is 12.1 Å². The molecule has 0 unspecified atom stereocenters. The van der Waals surface area contributed by atoms with Crippen molar-refractivity contribution in [2.75, 3.05) is 5.32 Å². The Morgan fingerprint density at radius 2 is 1.86 bits per heavy atom. The normalized spacial score (nSPS) is 26.1. The van der Waals surface area contributed by atoms with E-state index in [9.17, 15) is 0 Å². The summed E-state index contributed by atoms with van der Waals surface area (Å²) in [6.45, 7) is 0. The Morgan fingerprint density at radius 3 is 2.71 bits per heavy atom. The molecular formula is C18H15BrClN. The van der Waals surface area contributed by atoms with Crippen LogP contribution in [0.2, 0.25) is 5.02 Å². The fraction of sp³-hybridized carbons (Fsp3) is 0.222. The zero-order chi connectivity index (χ0) is 14.4. The van der Waals surface area contributed by atoms with Crippen LogP contribution in [0.5, 0.6) is 0 Å². The summed E-state index contributed by atoms with van der Waals surface area (Å²) in [4.78, 5) is 0. The maximum Gasteiger partial charge on any atom is 0.0568 e. The van der Waals surface area contributed by atoms with Gasteiger partial charge >= 0.3 is 0 Å². The Bertz CT molecular complexity index is 725. The standard InChI is InChI=1S/C18H15BrClN/c19-15-9-4-8-13-11-6-3-7-12(11)17(21-18(13)15)14-5-1-2-10-16(14)20/h1-6,8-12,17,21H,7H2/t11-,12+,17-/m1/s1. The van der Waals surface area contributed by atoms with Gasteiger partial charge in [-0.05, 0) is 51.5 Å². The molecule has 0 bridgehead atoms. The Morgan fingerprint density at radius 1 is 1.05 bits per heavy atom. The first kappa shape index (κ1) is 13.4. The van der Waals surface area contributed by atoms with Gasteiger partial charge in [0.15, 0.2) is 0 Å². The van der Waals surface area contributed by atoms with Crippen LogP contribution in [-0.4, -0.2) is 0 Å². The lowest BCUT2D eigenvalue weighted by Gasteiger charge is -2.38. The number of halogens is 2. The maximum absolute atomic E-state index is 6.44. The van der Waals surface area contributed by atoms with Gasteiger partial charge < -0.3 is 5.32 Å². The summed E-state index contributed by atoms with van der Waals surface area (Å²) in [7, 11) is 0. The number of hydrogen-bond donors (Lipinski definition) is 1. The second kappa shape index (κ2) is 5.19. The molecule has 0 saturated heterocycles. The van der Waals surface area contributed by atoms with Crippen LogP contribution in [0.25, 0.3) is 0 Å². The van der Waals surface area contributed by atoms with E-state index in [0.29, 0.717) is 11.8 Å². The van der Waals surface area contributed by atoms with Crippen molar-refractivity contribution in [3.05, 3.63) is 75.2 Å². The molecule has 1 heterocycles. The smallest absolute Gasteiger partial charge is 0.0568 e. The number of rotatable bonds is 1. The largest absolute Gasteiger partial charge is 0.377 e. The van der Waals surface area contributed by atoms with Gasteiger partial charge in [-0.15, -0.1) is 0 Å². The molecule has 1 N–H and O–H groups in total. The second-order valence-corrected chi connectivity index (χ2v) is 6.96. The molecule has 106 valence electrons. The average Bonchev–Trinajstić information content (AvgIpc) is 2.97. The fourth-order valence-corrected chi connectivity index (χ4v) is 4.37. The van der Waals surface area contributed by atoms with Crippen molar-refractivity contribution in [3.63, 3.8) is 0 Å². The van der Waals surface area contributed by atoms with Gasteiger partial charge in [0.05, 0.1) is 11.7 Å². The zero-order valence-electron chi connectivity index (χ0n) is 11.4. The molecule has 1 nitrogen and oxygen atoms in total. The topological polar surface area (TPSA) is 12.0 Å². The molecule has 1 aliphatic heterocycles. The van der Waals surface area contributed by atoms with E-state index in [1.54, 1.807) is 0 Å². The third-order valence-corrected chi connectivity index (χ3v) is 5.59. The number of para-hydroxylation sites is 1. The minimum Gasteiger partial charge on any atom is -0.377 e. The average molecular weight is 361 g/mol. The lowest BCUT2D eigenvalue weighted by Crippen LogP contribution is -2.29. The summed E-state index contributed by atoms with van der Waals surface area (Å²) >= 11 is 10.1. The van der Waals surface area contributed by atoms with Crippen molar-refractivity contribution in [2.45, 2.75) is 18.4 Å². The number of allylic oxidation sites excluding steroid dienone is 2. The number of benzene rings is 2. The van der Waals surface area contributed by atoms with E-state index in [1.165, 1.54) is 16.8 Å². The van der Waals surface area contributed by atoms with Crippen LogP contribution in [0, 0.1) is 5.92 Å². The van der Waals surface area contributed by atoms with Crippen LogP contribution >= 0.6 is 27.5 Å². The van der Waals surface area contributed by atoms with E-state index in [2.05, 4.69) is 63.7 Å². The van der Waals surface area contributed by atoms with Crippen molar-refractivity contribution >= 4 is 33.2 Å². The molecule has 2 aromatic rings. The zero-order valence-corrected chi connectivity index (χ0v) is 13.7. The highest BCUT2D eigenvalue weighted by atomic mass is 79.9. The molecule has 0 spiro atoms. The Hall–Kier alpha value is -1.25. The van der Waals surface area contributed by atoms with E-state index < -0.39 is 0 Å². The Kier molecular flexibility index (Phi) is 3.31. The van der Waals surface area contributed by atoms with E-state index in [4.69, 9.17) is 11.6 Å². The lowest BCUT2D eigenvalue weighted by atomic mass is 9.77. The molecule has 3 heteroatoms. The molecule has 0 fully saturated rings. The Balaban J connectivity index is 1.85. The molecule has 2 aromatic carbocycles. The molecule has 0 saturated carbocycles. The van der Waals surface area contributed by atoms with E-state index >= 15 is 0 Å². The van der Waals surface area contributed by atoms with Crippen LogP contribution in [0.1, 0.15) is 29.5 Å².